The number of phenolic OH excluding ortho intramolecular Hbond substituents is 1. The number of nitro groups is 1. The summed E-state index contributed by atoms with van der Waals surface area (Å²) in [6, 6.07) is 10.5. The third-order valence-electron chi connectivity index (χ3n) is 3.78. The molecule has 0 spiro atoms. The van der Waals surface area contributed by atoms with Crippen molar-refractivity contribution in [2.24, 2.45) is 5.10 Å². The highest BCUT2D eigenvalue weighted by atomic mass is 79.9. The van der Waals surface area contributed by atoms with Crippen LogP contribution in [0.3, 0.4) is 0 Å². The number of amides is 1. The highest BCUT2D eigenvalue weighted by molar-refractivity contribution is 9.10. The monoisotopic (exact) mass is 477 g/mol. The van der Waals surface area contributed by atoms with Gasteiger partial charge in [-0.1, -0.05) is 23.7 Å². The Morgan fingerprint density at radius 2 is 2.07 bits per heavy atom. The number of non-ortho nitro benzene ring substituents is 1. The van der Waals surface area contributed by atoms with Crippen LogP contribution in [0.15, 0.2) is 58.2 Å². The molecule has 0 saturated heterocycles. The molecule has 1 heterocycles. The van der Waals surface area contributed by atoms with Crippen molar-refractivity contribution in [3.63, 3.8) is 0 Å². The molecule has 0 saturated carbocycles. The number of carbonyl (C=O) groups excluding carboxylic acids is 1. The van der Waals surface area contributed by atoms with Gasteiger partial charge in [-0.15, -0.1) is 0 Å². The van der Waals surface area contributed by atoms with E-state index in [1.54, 1.807) is 18.3 Å². The molecule has 0 aliphatic heterocycles. The molecule has 29 heavy (non-hydrogen) atoms. The second kappa shape index (κ2) is 8.84. The lowest BCUT2D eigenvalue weighted by atomic mass is 10.2. The van der Waals surface area contributed by atoms with Gasteiger partial charge in [0.2, 0.25) is 0 Å². The maximum absolute atomic E-state index is 12.3. The van der Waals surface area contributed by atoms with Crippen molar-refractivity contribution < 1.29 is 14.8 Å². The van der Waals surface area contributed by atoms with Crippen LogP contribution in [0, 0.1) is 10.1 Å². The standard InChI is InChI=1S/C18H13BrClN5O4/c19-15-10-24(9-11-1-4-14(5-2-11)25(28)29)23-17(15)18(27)22-21-8-12-7-13(20)3-6-16(12)26/h1-8,10,26H,9H2,(H,22,27)/b21-8+. The first-order valence-corrected chi connectivity index (χ1v) is 9.29. The van der Waals surface area contributed by atoms with Gasteiger partial charge in [-0.25, -0.2) is 5.43 Å². The van der Waals surface area contributed by atoms with Crippen LogP contribution in [-0.2, 0) is 6.54 Å². The van der Waals surface area contributed by atoms with Gasteiger partial charge in [0.25, 0.3) is 11.6 Å². The van der Waals surface area contributed by atoms with Crippen molar-refractivity contribution in [1.82, 2.24) is 15.2 Å². The van der Waals surface area contributed by atoms with E-state index in [1.165, 1.54) is 41.2 Å². The molecule has 2 N–H and O–H groups in total. The quantitative estimate of drug-likeness (QED) is 0.317. The summed E-state index contributed by atoms with van der Waals surface area (Å²) < 4.78 is 1.98. The zero-order valence-electron chi connectivity index (χ0n) is 14.6. The van der Waals surface area contributed by atoms with Gasteiger partial charge >= 0.3 is 0 Å². The smallest absolute Gasteiger partial charge is 0.293 e. The minimum absolute atomic E-state index is 0.000866. The summed E-state index contributed by atoms with van der Waals surface area (Å²) in [4.78, 5) is 22.5. The summed E-state index contributed by atoms with van der Waals surface area (Å²) in [5, 5.41) is 28.9. The first-order valence-electron chi connectivity index (χ1n) is 8.11. The third-order valence-corrected chi connectivity index (χ3v) is 4.60. The van der Waals surface area contributed by atoms with Crippen molar-refractivity contribution >= 4 is 45.3 Å². The highest BCUT2D eigenvalue weighted by Crippen LogP contribution is 2.20. The van der Waals surface area contributed by atoms with Crippen molar-refractivity contribution in [2.75, 3.05) is 0 Å². The minimum Gasteiger partial charge on any atom is -0.507 e. The summed E-state index contributed by atoms with van der Waals surface area (Å²) in [5.41, 5.74) is 3.57. The van der Waals surface area contributed by atoms with Gasteiger partial charge in [0, 0.05) is 28.9 Å². The van der Waals surface area contributed by atoms with Crippen molar-refractivity contribution in [2.45, 2.75) is 6.54 Å². The molecular weight excluding hydrogens is 466 g/mol. The molecule has 0 bridgehead atoms. The van der Waals surface area contributed by atoms with Crippen LogP contribution in [0.1, 0.15) is 21.6 Å². The molecule has 148 valence electrons. The van der Waals surface area contributed by atoms with Gasteiger partial charge in [0.15, 0.2) is 5.69 Å². The van der Waals surface area contributed by atoms with Gasteiger partial charge in [-0.3, -0.25) is 19.6 Å². The Balaban J connectivity index is 1.67. The number of aromatic hydroxyl groups is 1. The number of hydrazone groups is 1. The average molecular weight is 479 g/mol. The van der Waals surface area contributed by atoms with Gasteiger partial charge in [0.1, 0.15) is 5.75 Å². The number of nitrogens with zero attached hydrogens (tertiary/aromatic N) is 4. The number of phenols is 1. The Kier molecular flexibility index (Phi) is 6.25. The predicted octanol–water partition coefficient (Wildman–Crippen LogP) is 3.73. The lowest BCUT2D eigenvalue weighted by Crippen LogP contribution is -2.19. The van der Waals surface area contributed by atoms with E-state index in [0.717, 1.165) is 5.56 Å². The number of nitro benzene ring substituents is 1. The van der Waals surface area contributed by atoms with E-state index < -0.39 is 10.8 Å². The second-order valence-electron chi connectivity index (χ2n) is 5.85. The number of hydrogen-bond donors (Lipinski definition) is 2. The molecule has 0 radical (unpaired) electrons. The first kappa shape index (κ1) is 20.5. The zero-order valence-corrected chi connectivity index (χ0v) is 17.0. The zero-order chi connectivity index (χ0) is 21.0. The molecule has 0 unspecified atom stereocenters. The molecule has 0 aliphatic carbocycles. The average Bonchev–Trinajstić information content (AvgIpc) is 3.05. The predicted molar refractivity (Wildman–Crippen MR) is 110 cm³/mol. The fourth-order valence-electron chi connectivity index (χ4n) is 2.38. The number of carbonyl (C=O) groups is 1. The molecule has 1 aromatic heterocycles. The van der Waals surface area contributed by atoms with Crippen LogP contribution < -0.4 is 5.43 Å². The number of aromatic nitrogens is 2. The van der Waals surface area contributed by atoms with E-state index in [0.29, 0.717) is 21.6 Å². The number of nitrogens with one attached hydrogen (secondary N) is 1. The molecule has 1 amide bonds. The topological polar surface area (TPSA) is 123 Å². The summed E-state index contributed by atoms with van der Waals surface area (Å²) in [6.45, 7) is 0.323. The highest BCUT2D eigenvalue weighted by Gasteiger charge is 2.15. The lowest BCUT2D eigenvalue weighted by Gasteiger charge is -2.02. The van der Waals surface area contributed by atoms with Crippen LogP contribution in [0.25, 0.3) is 0 Å². The van der Waals surface area contributed by atoms with E-state index in [9.17, 15) is 20.0 Å². The van der Waals surface area contributed by atoms with Crippen LogP contribution in [0.4, 0.5) is 5.69 Å². The van der Waals surface area contributed by atoms with Crippen LogP contribution in [-0.4, -0.2) is 31.9 Å². The molecule has 9 nitrogen and oxygen atoms in total. The second-order valence-corrected chi connectivity index (χ2v) is 7.14. The van der Waals surface area contributed by atoms with Crippen molar-refractivity contribution in [3.05, 3.63) is 85.1 Å². The van der Waals surface area contributed by atoms with E-state index in [1.807, 2.05) is 0 Å². The van der Waals surface area contributed by atoms with Gasteiger partial charge in [-0.2, -0.15) is 10.2 Å². The van der Waals surface area contributed by atoms with Crippen LogP contribution >= 0.6 is 27.5 Å². The molecular formula is C18H13BrClN5O4. The van der Waals surface area contributed by atoms with Gasteiger partial charge in [-0.05, 0) is 39.7 Å². The van der Waals surface area contributed by atoms with Gasteiger partial charge in [0.05, 0.1) is 22.2 Å². The van der Waals surface area contributed by atoms with E-state index in [2.05, 4.69) is 31.6 Å². The molecule has 0 aliphatic rings. The Bertz CT molecular complexity index is 1100. The summed E-state index contributed by atoms with van der Waals surface area (Å²) in [7, 11) is 0. The van der Waals surface area contributed by atoms with E-state index in [-0.39, 0.29) is 17.1 Å². The van der Waals surface area contributed by atoms with Crippen LogP contribution in [0.2, 0.25) is 5.02 Å². The molecule has 3 aromatic rings. The number of hydrogen-bond acceptors (Lipinski definition) is 6. The van der Waals surface area contributed by atoms with Crippen molar-refractivity contribution in [1.29, 1.82) is 0 Å². The number of halogens is 2. The minimum atomic E-state index is -0.558. The fourth-order valence-corrected chi connectivity index (χ4v) is 3.06. The lowest BCUT2D eigenvalue weighted by molar-refractivity contribution is -0.384. The third kappa shape index (κ3) is 5.18. The number of rotatable bonds is 6. The Morgan fingerprint density at radius 1 is 1.34 bits per heavy atom. The normalized spacial score (nSPS) is 11.0. The molecule has 3 rings (SSSR count). The van der Waals surface area contributed by atoms with Crippen LogP contribution in [0.5, 0.6) is 5.75 Å². The Morgan fingerprint density at radius 3 is 2.76 bits per heavy atom. The van der Waals surface area contributed by atoms with Gasteiger partial charge < -0.3 is 5.11 Å². The Labute approximate surface area is 177 Å². The SMILES string of the molecule is O=C(N/N=C/c1cc(Cl)ccc1O)c1nn(Cc2ccc([N+](=O)[O-])cc2)cc1Br. The van der Waals surface area contributed by atoms with Crippen molar-refractivity contribution in [3.8, 4) is 5.75 Å². The Hall–Kier alpha value is -3.24. The maximum atomic E-state index is 12.3. The summed E-state index contributed by atoms with van der Waals surface area (Å²) >= 11 is 9.13. The molecule has 11 heteroatoms. The molecule has 0 atom stereocenters. The summed E-state index contributed by atoms with van der Waals surface area (Å²) in [6.07, 6.45) is 2.88. The first-order chi connectivity index (χ1) is 13.8. The fraction of sp³-hybridized carbons (Fsp3) is 0.0556. The van der Waals surface area contributed by atoms with E-state index in [4.69, 9.17) is 11.6 Å². The summed E-state index contributed by atoms with van der Waals surface area (Å²) in [5.74, 6) is -0.585. The van der Waals surface area contributed by atoms with E-state index >= 15 is 0 Å². The maximum Gasteiger partial charge on any atom is 0.293 e. The number of benzene rings is 2. The largest absolute Gasteiger partial charge is 0.507 e. The molecule has 0 fully saturated rings. The molecule has 2 aromatic carbocycles.